The molecule has 1 atom stereocenters. The maximum atomic E-state index is 13.9. The Balaban J connectivity index is 1.96. The van der Waals surface area contributed by atoms with Gasteiger partial charge in [-0.1, -0.05) is 37.3 Å². The second-order valence-electron chi connectivity index (χ2n) is 7.20. The summed E-state index contributed by atoms with van der Waals surface area (Å²) in [5.74, 6) is -0.435. The zero-order valence-corrected chi connectivity index (χ0v) is 17.2. The van der Waals surface area contributed by atoms with E-state index in [9.17, 15) is 14.4 Å². The molecule has 8 nitrogen and oxygen atoms in total. The van der Waals surface area contributed by atoms with E-state index >= 15 is 0 Å². The number of nitrogens with one attached hydrogen (secondary N) is 1. The van der Waals surface area contributed by atoms with E-state index in [1.807, 2.05) is 49.4 Å². The predicted octanol–water partition coefficient (Wildman–Crippen LogP) is 3.49. The number of hydrogen-bond donors (Lipinski definition) is 3. The minimum atomic E-state index is -0.512. The lowest BCUT2D eigenvalue weighted by atomic mass is 9.94. The van der Waals surface area contributed by atoms with Crippen molar-refractivity contribution in [1.82, 2.24) is 14.4 Å². The van der Waals surface area contributed by atoms with Gasteiger partial charge < -0.3 is 16.8 Å². The van der Waals surface area contributed by atoms with Gasteiger partial charge in [-0.2, -0.15) is 15.2 Å². The number of aromatic nitrogens is 3. The molecule has 3 heterocycles. The van der Waals surface area contributed by atoms with Crippen molar-refractivity contribution in [2.45, 2.75) is 19.4 Å². The number of anilines is 3. The van der Waals surface area contributed by atoms with Gasteiger partial charge in [-0.25, -0.2) is 4.39 Å². The van der Waals surface area contributed by atoms with E-state index in [0.717, 1.165) is 0 Å². The molecule has 4 aromatic rings. The highest BCUT2D eigenvalue weighted by Gasteiger charge is 2.22. The van der Waals surface area contributed by atoms with E-state index in [0.29, 0.717) is 28.6 Å². The van der Waals surface area contributed by atoms with Gasteiger partial charge in [0.05, 0.1) is 11.6 Å². The molecule has 9 heteroatoms. The molecule has 0 aliphatic heterocycles. The SMILES string of the molecule is CC[C@@H](Nc1nc(N)nc(N)c1C#N)c1cc2ccc(F)cn2c(=O)c1-c1ccccc1. The van der Waals surface area contributed by atoms with Crippen molar-refractivity contribution in [3.05, 3.63) is 82.0 Å². The summed E-state index contributed by atoms with van der Waals surface area (Å²) < 4.78 is 15.2. The van der Waals surface area contributed by atoms with Gasteiger partial charge in [0.25, 0.3) is 5.56 Å². The minimum absolute atomic E-state index is 0.0327. The molecular formula is C23H20FN7O. The first-order valence-electron chi connectivity index (χ1n) is 9.92. The second kappa shape index (κ2) is 8.35. The molecule has 0 saturated carbocycles. The highest BCUT2D eigenvalue weighted by Crippen LogP contribution is 2.32. The van der Waals surface area contributed by atoms with Crippen LogP contribution >= 0.6 is 0 Å². The predicted molar refractivity (Wildman–Crippen MR) is 121 cm³/mol. The maximum Gasteiger partial charge on any atom is 0.263 e. The quantitative estimate of drug-likeness (QED) is 0.442. The molecular weight excluding hydrogens is 409 g/mol. The molecule has 0 amide bonds. The lowest BCUT2D eigenvalue weighted by molar-refractivity contribution is 0.618. The number of nitrogens with zero attached hydrogens (tertiary/aromatic N) is 4. The number of hydrogen-bond acceptors (Lipinski definition) is 7. The van der Waals surface area contributed by atoms with E-state index in [1.54, 1.807) is 6.07 Å². The summed E-state index contributed by atoms with van der Waals surface area (Å²) in [6.45, 7) is 1.93. The van der Waals surface area contributed by atoms with Crippen LogP contribution in [0.2, 0.25) is 0 Å². The zero-order chi connectivity index (χ0) is 22.8. The van der Waals surface area contributed by atoms with Crippen molar-refractivity contribution in [3.8, 4) is 17.2 Å². The van der Waals surface area contributed by atoms with Crippen LogP contribution in [0.4, 0.5) is 22.0 Å². The average Bonchev–Trinajstić information content (AvgIpc) is 2.78. The first kappa shape index (κ1) is 20.8. The van der Waals surface area contributed by atoms with Crippen molar-refractivity contribution in [1.29, 1.82) is 5.26 Å². The molecule has 0 spiro atoms. The standard InChI is InChI=1S/C23H20FN7O/c1-2-18(28-21-17(11-25)20(26)29-23(27)30-21)16-10-15-9-8-14(24)12-31(15)22(32)19(16)13-6-4-3-5-7-13/h3-10,12,18H,2H2,1H3,(H5,26,27,28,29,30)/t18-/m1/s1. The van der Waals surface area contributed by atoms with Crippen LogP contribution in [0.3, 0.4) is 0 Å². The Kier molecular flexibility index (Phi) is 5.43. The smallest absolute Gasteiger partial charge is 0.263 e. The second-order valence-corrected chi connectivity index (χ2v) is 7.20. The molecule has 4 rings (SSSR count). The summed E-state index contributed by atoms with van der Waals surface area (Å²) in [6, 6.07) is 15.4. The summed E-state index contributed by atoms with van der Waals surface area (Å²) in [4.78, 5) is 21.4. The molecule has 0 bridgehead atoms. The first-order valence-corrected chi connectivity index (χ1v) is 9.92. The molecule has 0 unspecified atom stereocenters. The van der Waals surface area contributed by atoms with Crippen molar-refractivity contribution in [2.24, 2.45) is 0 Å². The van der Waals surface area contributed by atoms with Crippen LogP contribution in [0.25, 0.3) is 16.6 Å². The fourth-order valence-electron chi connectivity index (χ4n) is 3.70. The van der Waals surface area contributed by atoms with Crippen molar-refractivity contribution in [2.75, 3.05) is 16.8 Å². The number of halogens is 1. The molecule has 0 saturated heterocycles. The number of nitrogen functional groups attached to an aromatic ring is 2. The Hall–Kier alpha value is -4.45. The number of fused-ring (bicyclic) bond motifs is 1. The van der Waals surface area contributed by atoms with Crippen LogP contribution in [0.1, 0.15) is 30.5 Å². The van der Waals surface area contributed by atoms with Gasteiger partial charge in [0.2, 0.25) is 5.95 Å². The monoisotopic (exact) mass is 429 g/mol. The Morgan fingerprint density at radius 3 is 2.62 bits per heavy atom. The van der Waals surface area contributed by atoms with Gasteiger partial charge in [0.15, 0.2) is 5.82 Å². The fraction of sp³-hybridized carbons (Fsp3) is 0.130. The van der Waals surface area contributed by atoms with Crippen LogP contribution in [0.5, 0.6) is 0 Å². The molecule has 160 valence electrons. The average molecular weight is 429 g/mol. The fourth-order valence-corrected chi connectivity index (χ4v) is 3.70. The normalized spacial score (nSPS) is 11.8. The third-order valence-electron chi connectivity index (χ3n) is 5.19. The summed E-state index contributed by atoms with van der Waals surface area (Å²) in [7, 11) is 0. The Morgan fingerprint density at radius 2 is 1.94 bits per heavy atom. The zero-order valence-electron chi connectivity index (χ0n) is 17.2. The van der Waals surface area contributed by atoms with Crippen LogP contribution in [-0.4, -0.2) is 14.4 Å². The van der Waals surface area contributed by atoms with Crippen molar-refractivity contribution in [3.63, 3.8) is 0 Å². The van der Waals surface area contributed by atoms with Gasteiger partial charge in [0.1, 0.15) is 23.3 Å². The number of nitriles is 1. The van der Waals surface area contributed by atoms with Gasteiger partial charge in [0, 0.05) is 11.7 Å². The van der Waals surface area contributed by atoms with Gasteiger partial charge in [-0.15, -0.1) is 0 Å². The molecule has 0 radical (unpaired) electrons. The third kappa shape index (κ3) is 3.70. The number of pyridine rings is 2. The summed E-state index contributed by atoms with van der Waals surface area (Å²) in [5, 5.41) is 12.7. The molecule has 0 aliphatic carbocycles. The Bertz CT molecular complexity index is 1410. The summed E-state index contributed by atoms with van der Waals surface area (Å²) in [6.07, 6.45) is 1.72. The molecule has 5 N–H and O–H groups in total. The number of rotatable bonds is 5. The van der Waals surface area contributed by atoms with Crippen molar-refractivity contribution >= 4 is 23.1 Å². The van der Waals surface area contributed by atoms with E-state index in [-0.39, 0.29) is 28.7 Å². The van der Waals surface area contributed by atoms with Gasteiger partial charge in [-0.3, -0.25) is 9.20 Å². The van der Waals surface area contributed by atoms with Gasteiger partial charge in [-0.05, 0) is 35.7 Å². The number of benzene rings is 1. The lowest BCUT2D eigenvalue weighted by Crippen LogP contribution is -2.22. The van der Waals surface area contributed by atoms with Crippen LogP contribution in [-0.2, 0) is 0 Å². The minimum Gasteiger partial charge on any atom is -0.382 e. The third-order valence-corrected chi connectivity index (χ3v) is 5.19. The van der Waals surface area contributed by atoms with E-state index in [2.05, 4.69) is 15.3 Å². The maximum absolute atomic E-state index is 13.9. The Labute approximate surface area is 183 Å². The van der Waals surface area contributed by atoms with E-state index in [4.69, 9.17) is 11.5 Å². The topological polar surface area (TPSA) is 135 Å². The van der Waals surface area contributed by atoms with Crippen LogP contribution < -0.4 is 22.3 Å². The van der Waals surface area contributed by atoms with Gasteiger partial charge >= 0.3 is 0 Å². The highest BCUT2D eigenvalue weighted by atomic mass is 19.1. The Morgan fingerprint density at radius 1 is 1.19 bits per heavy atom. The molecule has 3 aromatic heterocycles. The highest BCUT2D eigenvalue weighted by molar-refractivity contribution is 5.72. The molecule has 0 aliphatic rings. The van der Waals surface area contributed by atoms with Crippen molar-refractivity contribution < 1.29 is 4.39 Å². The molecule has 0 fully saturated rings. The molecule has 32 heavy (non-hydrogen) atoms. The molecule has 1 aromatic carbocycles. The van der Waals surface area contributed by atoms with E-state index < -0.39 is 11.9 Å². The van der Waals surface area contributed by atoms with E-state index in [1.165, 1.54) is 16.7 Å². The van der Waals surface area contributed by atoms with Crippen LogP contribution in [0, 0.1) is 17.1 Å². The first-order chi connectivity index (χ1) is 15.4. The summed E-state index contributed by atoms with van der Waals surface area (Å²) >= 11 is 0. The van der Waals surface area contributed by atoms with Crippen LogP contribution in [0.15, 0.2) is 59.5 Å². The lowest BCUT2D eigenvalue weighted by Gasteiger charge is -2.23. The number of nitrogens with two attached hydrogens (primary N) is 2. The summed E-state index contributed by atoms with van der Waals surface area (Å²) in [5.41, 5.74) is 13.6. The largest absolute Gasteiger partial charge is 0.382 e.